The standard InChI is InChI=1S/C13H16ClNO/c14-9-6-7-13-11(8-9)15-10-4-2-1-3-5-12(10)16-13/h6-8,10,12,15H,1-5H2. The SMILES string of the molecule is Clc1ccc2c(c1)NC1CCCCCC1O2. The van der Waals surface area contributed by atoms with Crippen LogP contribution in [0.25, 0.3) is 0 Å². The molecule has 16 heavy (non-hydrogen) atoms. The molecule has 2 aliphatic rings. The summed E-state index contributed by atoms with van der Waals surface area (Å²) < 4.78 is 6.05. The Bertz CT molecular complexity index is 394. The lowest BCUT2D eigenvalue weighted by atomic mass is 10.0. The molecule has 1 fully saturated rings. The van der Waals surface area contributed by atoms with E-state index in [1.165, 1.54) is 32.1 Å². The predicted molar refractivity (Wildman–Crippen MR) is 66.4 cm³/mol. The Balaban J connectivity index is 1.89. The molecule has 1 aromatic rings. The number of benzene rings is 1. The van der Waals surface area contributed by atoms with Gasteiger partial charge in [-0.3, -0.25) is 0 Å². The van der Waals surface area contributed by atoms with E-state index in [1.807, 2.05) is 18.2 Å². The molecule has 1 aliphatic carbocycles. The number of nitrogens with one attached hydrogen (secondary N) is 1. The number of hydrogen-bond acceptors (Lipinski definition) is 2. The first-order chi connectivity index (χ1) is 7.83. The van der Waals surface area contributed by atoms with Crippen molar-refractivity contribution in [2.45, 2.75) is 44.2 Å². The molecule has 0 aromatic heterocycles. The van der Waals surface area contributed by atoms with Crippen LogP contribution in [0.1, 0.15) is 32.1 Å². The maximum absolute atomic E-state index is 6.05. The fraction of sp³-hybridized carbons (Fsp3) is 0.538. The maximum atomic E-state index is 6.05. The quantitative estimate of drug-likeness (QED) is 0.740. The molecule has 86 valence electrons. The predicted octanol–water partition coefficient (Wildman–Crippen LogP) is 3.85. The van der Waals surface area contributed by atoms with E-state index < -0.39 is 0 Å². The van der Waals surface area contributed by atoms with Gasteiger partial charge in [-0.2, -0.15) is 0 Å². The monoisotopic (exact) mass is 237 g/mol. The fourth-order valence-electron chi connectivity index (χ4n) is 2.66. The second-order valence-corrected chi connectivity index (χ2v) is 5.12. The Hall–Kier alpha value is -0.890. The summed E-state index contributed by atoms with van der Waals surface area (Å²) in [6, 6.07) is 6.27. The molecule has 1 aromatic carbocycles. The van der Waals surface area contributed by atoms with Crippen LogP contribution in [-0.2, 0) is 0 Å². The first-order valence-corrected chi connectivity index (χ1v) is 6.43. The number of ether oxygens (including phenoxy) is 1. The lowest BCUT2D eigenvalue weighted by Gasteiger charge is -2.34. The van der Waals surface area contributed by atoms with Crippen molar-refractivity contribution in [1.29, 1.82) is 0 Å². The summed E-state index contributed by atoms with van der Waals surface area (Å²) >= 11 is 5.99. The maximum Gasteiger partial charge on any atom is 0.143 e. The van der Waals surface area contributed by atoms with Crippen molar-refractivity contribution in [3.05, 3.63) is 23.2 Å². The number of rotatable bonds is 0. The van der Waals surface area contributed by atoms with Crippen LogP contribution in [0.4, 0.5) is 5.69 Å². The van der Waals surface area contributed by atoms with Gasteiger partial charge in [0.25, 0.3) is 0 Å². The molecule has 1 N–H and O–H groups in total. The van der Waals surface area contributed by atoms with Gasteiger partial charge >= 0.3 is 0 Å². The molecule has 2 atom stereocenters. The first kappa shape index (κ1) is 10.3. The van der Waals surface area contributed by atoms with E-state index in [-0.39, 0.29) is 0 Å². The van der Waals surface area contributed by atoms with Crippen LogP contribution in [0.3, 0.4) is 0 Å². The minimum atomic E-state index is 0.344. The molecule has 3 rings (SSSR count). The summed E-state index contributed by atoms with van der Waals surface area (Å²) in [5.41, 5.74) is 1.05. The van der Waals surface area contributed by atoms with E-state index in [1.54, 1.807) is 0 Å². The minimum Gasteiger partial charge on any atom is -0.486 e. The van der Waals surface area contributed by atoms with Gasteiger partial charge in [-0.15, -0.1) is 0 Å². The van der Waals surface area contributed by atoms with Gasteiger partial charge in [0.05, 0.1) is 11.7 Å². The first-order valence-electron chi connectivity index (χ1n) is 6.06. The molecular weight excluding hydrogens is 222 g/mol. The largest absolute Gasteiger partial charge is 0.486 e. The van der Waals surface area contributed by atoms with Crippen LogP contribution in [0.15, 0.2) is 18.2 Å². The fourth-order valence-corrected chi connectivity index (χ4v) is 2.83. The molecule has 0 spiro atoms. The third kappa shape index (κ3) is 1.86. The van der Waals surface area contributed by atoms with Crippen LogP contribution in [0.5, 0.6) is 5.75 Å². The Morgan fingerprint density at radius 2 is 2.06 bits per heavy atom. The van der Waals surface area contributed by atoms with Gasteiger partial charge in [0.2, 0.25) is 0 Å². The van der Waals surface area contributed by atoms with E-state index in [4.69, 9.17) is 16.3 Å². The molecule has 2 unspecified atom stereocenters. The van der Waals surface area contributed by atoms with Crippen molar-refractivity contribution < 1.29 is 4.74 Å². The molecule has 1 saturated carbocycles. The Morgan fingerprint density at radius 3 is 3.00 bits per heavy atom. The van der Waals surface area contributed by atoms with E-state index in [0.717, 1.165) is 16.5 Å². The molecule has 3 heteroatoms. The number of hydrogen-bond donors (Lipinski definition) is 1. The third-order valence-corrected chi connectivity index (χ3v) is 3.75. The van der Waals surface area contributed by atoms with Gasteiger partial charge in [0.15, 0.2) is 0 Å². The van der Waals surface area contributed by atoms with Gasteiger partial charge < -0.3 is 10.1 Å². The summed E-state index contributed by atoms with van der Waals surface area (Å²) in [7, 11) is 0. The van der Waals surface area contributed by atoms with Crippen LogP contribution in [0.2, 0.25) is 5.02 Å². The third-order valence-electron chi connectivity index (χ3n) is 3.51. The van der Waals surface area contributed by atoms with Gasteiger partial charge in [0.1, 0.15) is 11.9 Å². The Kier molecular flexibility index (Phi) is 2.68. The van der Waals surface area contributed by atoms with Gasteiger partial charge in [-0.05, 0) is 37.5 Å². The molecule has 0 radical (unpaired) electrons. The second kappa shape index (κ2) is 4.17. The van der Waals surface area contributed by atoms with E-state index >= 15 is 0 Å². The lowest BCUT2D eigenvalue weighted by Crippen LogP contribution is -2.40. The second-order valence-electron chi connectivity index (χ2n) is 4.69. The Morgan fingerprint density at radius 1 is 1.19 bits per heavy atom. The van der Waals surface area contributed by atoms with Crippen molar-refractivity contribution >= 4 is 17.3 Å². The zero-order chi connectivity index (χ0) is 11.0. The van der Waals surface area contributed by atoms with E-state index in [9.17, 15) is 0 Å². The highest BCUT2D eigenvalue weighted by Gasteiger charge is 2.30. The van der Waals surface area contributed by atoms with E-state index in [0.29, 0.717) is 12.1 Å². The van der Waals surface area contributed by atoms with E-state index in [2.05, 4.69) is 5.32 Å². The van der Waals surface area contributed by atoms with Crippen molar-refractivity contribution in [2.24, 2.45) is 0 Å². The van der Waals surface area contributed by atoms with Gasteiger partial charge in [0, 0.05) is 5.02 Å². The summed E-state index contributed by atoms with van der Waals surface area (Å²) in [5, 5.41) is 4.34. The normalized spacial score (nSPS) is 28.1. The van der Waals surface area contributed by atoms with Gasteiger partial charge in [-0.1, -0.05) is 24.4 Å². The molecule has 2 nitrogen and oxygen atoms in total. The smallest absolute Gasteiger partial charge is 0.143 e. The summed E-state index contributed by atoms with van der Waals surface area (Å²) in [6.45, 7) is 0. The Labute approximate surface area is 101 Å². The highest BCUT2D eigenvalue weighted by atomic mass is 35.5. The van der Waals surface area contributed by atoms with Crippen LogP contribution in [0, 0.1) is 0 Å². The molecule has 0 bridgehead atoms. The zero-order valence-electron chi connectivity index (χ0n) is 9.21. The molecule has 0 saturated heterocycles. The lowest BCUT2D eigenvalue weighted by molar-refractivity contribution is 0.160. The van der Waals surface area contributed by atoms with Crippen molar-refractivity contribution in [3.63, 3.8) is 0 Å². The van der Waals surface area contributed by atoms with Crippen LogP contribution >= 0.6 is 11.6 Å². The molecule has 1 aliphatic heterocycles. The minimum absolute atomic E-state index is 0.344. The zero-order valence-corrected chi connectivity index (χ0v) is 9.96. The molecule has 1 heterocycles. The average molecular weight is 238 g/mol. The summed E-state index contributed by atoms with van der Waals surface area (Å²) in [4.78, 5) is 0. The molecular formula is C13H16ClNO. The summed E-state index contributed by atoms with van der Waals surface area (Å²) in [5.74, 6) is 0.951. The summed E-state index contributed by atoms with van der Waals surface area (Å²) in [6.07, 6.45) is 6.63. The highest BCUT2D eigenvalue weighted by Crippen LogP contribution is 2.37. The number of anilines is 1. The number of fused-ring (bicyclic) bond motifs is 2. The van der Waals surface area contributed by atoms with Crippen molar-refractivity contribution in [2.75, 3.05) is 5.32 Å². The van der Waals surface area contributed by atoms with Crippen LogP contribution in [-0.4, -0.2) is 12.1 Å². The topological polar surface area (TPSA) is 21.3 Å². The van der Waals surface area contributed by atoms with Crippen molar-refractivity contribution in [1.82, 2.24) is 0 Å². The average Bonchev–Trinajstić information content (AvgIpc) is 2.50. The highest BCUT2D eigenvalue weighted by molar-refractivity contribution is 6.30. The van der Waals surface area contributed by atoms with Crippen LogP contribution < -0.4 is 10.1 Å². The molecule has 0 amide bonds. The van der Waals surface area contributed by atoms with Gasteiger partial charge in [-0.25, -0.2) is 0 Å². The van der Waals surface area contributed by atoms with Crippen molar-refractivity contribution in [3.8, 4) is 5.75 Å². The number of halogens is 1.